The minimum atomic E-state index is -0.0443. The highest BCUT2D eigenvalue weighted by Crippen LogP contribution is 2.32. The van der Waals surface area contributed by atoms with Crippen LogP contribution in [0, 0.1) is 13.8 Å². The van der Waals surface area contributed by atoms with Crippen LogP contribution >= 0.6 is 23.1 Å². The van der Waals surface area contributed by atoms with Crippen LogP contribution in [-0.2, 0) is 17.6 Å². The van der Waals surface area contributed by atoms with E-state index in [0.717, 1.165) is 33.1 Å². The number of aromatic nitrogens is 3. The summed E-state index contributed by atoms with van der Waals surface area (Å²) in [7, 11) is 2.03. The van der Waals surface area contributed by atoms with Gasteiger partial charge in [-0.1, -0.05) is 30.0 Å². The minimum Gasteiger partial charge on any atom is -0.322 e. The summed E-state index contributed by atoms with van der Waals surface area (Å²) >= 11 is 3.14. The Bertz CT molecular complexity index is 1190. The maximum atomic E-state index is 12.3. The second-order valence-corrected chi connectivity index (χ2v) is 8.75. The van der Waals surface area contributed by atoms with E-state index in [4.69, 9.17) is 9.97 Å². The number of thioether (sulfide) groups is 1. The molecule has 4 rings (SSSR count). The first-order valence-electron chi connectivity index (χ1n) is 9.30. The van der Waals surface area contributed by atoms with Gasteiger partial charge in [0.1, 0.15) is 0 Å². The number of fused-ring (bicyclic) bond motifs is 1. The Labute approximate surface area is 178 Å². The fraction of sp³-hybridized carbons (Fsp3) is 0.227. The van der Waals surface area contributed by atoms with Gasteiger partial charge in [0.05, 0.1) is 22.4 Å². The van der Waals surface area contributed by atoms with E-state index in [1.807, 2.05) is 48.8 Å². The van der Waals surface area contributed by atoms with Crippen LogP contribution in [0.5, 0.6) is 0 Å². The van der Waals surface area contributed by atoms with Crippen LogP contribution in [0.4, 0.5) is 10.8 Å². The highest BCUT2D eigenvalue weighted by atomic mass is 32.2. The average molecular weight is 423 g/mol. The van der Waals surface area contributed by atoms with Gasteiger partial charge < -0.3 is 4.57 Å². The molecule has 4 aromatic rings. The van der Waals surface area contributed by atoms with Gasteiger partial charge in [-0.05, 0) is 49.2 Å². The van der Waals surface area contributed by atoms with Gasteiger partial charge in [0.15, 0.2) is 10.3 Å². The molecule has 5 nitrogen and oxygen atoms in total. The molecule has 0 aliphatic rings. The summed E-state index contributed by atoms with van der Waals surface area (Å²) in [6.07, 6.45) is 0. The van der Waals surface area contributed by atoms with Crippen LogP contribution < -0.4 is 4.90 Å². The van der Waals surface area contributed by atoms with Crippen molar-refractivity contribution in [3.63, 3.8) is 0 Å². The number of hydrogen-bond acceptors (Lipinski definition) is 5. The SMILES string of the molecule is CC(=O)N(c1ccc(C)c(C)c1)c1nc(CSc2nc3ccccc3n2C)cs1. The van der Waals surface area contributed by atoms with Crippen LogP contribution in [0.3, 0.4) is 0 Å². The molecule has 7 heteroatoms. The van der Waals surface area contributed by atoms with Crippen molar-refractivity contribution in [3.8, 4) is 0 Å². The standard InChI is InChI=1S/C22H22N4OS2/c1-14-9-10-18(11-15(14)2)26(16(3)27)22-23-17(13-29-22)12-28-21-24-19-7-5-6-8-20(19)25(21)4/h5-11,13H,12H2,1-4H3. The van der Waals surface area contributed by atoms with E-state index < -0.39 is 0 Å². The first-order chi connectivity index (χ1) is 13.9. The molecule has 0 atom stereocenters. The Kier molecular flexibility index (Phi) is 5.43. The maximum Gasteiger partial charge on any atom is 0.230 e. The largest absolute Gasteiger partial charge is 0.322 e. The van der Waals surface area contributed by atoms with E-state index in [1.165, 1.54) is 16.9 Å². The van der Waals surface area contributed by atoms with Crippen molar-refractivity contribution in [2.75, 3.05) is 4.90 Å². The lowest BCUT2D eigenvalue weighted by Crippen LogP contribution is -2.22. The second-order valence-electron chi connectivity index (χ2n) is 6.98. The summed E-state index contributed by atoms with van der Waals surface area (Å²) in [4.78, 5) is 23.5. The number of amides is 1. The molecule has 0 bridgehead atoms. The predicted octanol–water partition coefficient (Wildman–Crippen LogP) is 5.62. The summed E-state index contributed by atoms with van der Waals surface area (Å²) in [5.74, 6) is 0.656. The van der Waals surface area contributed by atoms with Gasteiger partial charge >= 0.3 is 0 Å². The number of imidazole rings is 1. The fourth-order valence-corrected chi connectivity index (χ4v) is 5.02. The molecule has 2 heterocycles. The van der Waals surface area contributed by atoms with Crippen LogP contribution in [0.15, 0.2) is 53.0 Å². The summed E-state index contributed by atoms with van der Waals surface area (Å²) in [5, 5.41) is 3.67. The smallest absolute Gasteiger partial charge is 0.230 e. The molecular formula is C22H22N4OS2. The monoisotopic (exact) mass is 422 g/mol. The molecule has 0 unspecified atom stereocenters. The molecule has 0 saturated carbocycles. The van der Waals surface area contributed by atoms with Gasteiger partial charge in [0.25, 0.3) is 0 Å². The van der Waals surface area contributed by atoms with Gasteiger partial charge in [-0.3, -0.25) is 9.69 Å². The molecule has 2 aromatic carbocycles. The van der Waals surface area contributed by atoms with Gasteiger partial charge in [0, 0.05) is 25.1 Å². The first-order valence-corrected chi connectivity index (χ1v) is 11.2. The van der Waals surface area contributed by atoms with E-state index in [-0.39, 0.29) is 5.91 Å². The quantitative estimate of drug-likeness (QED) is 0.392. The molecule has 29 heavy (non-hydrogen) atoms. The molecule has 148 valence electrons. The molecule has 1 amide bonds. The molecular weight excluding hydrogens is 400 g/mol. The van der Waals surface area contributed by atoms with Crippen molar-refractivity contribution in [1.29, 1.82) is 0 Å². The Morgan fingerprint density at radius 1 is 1.14 bits per heavy atom. The Hall–Kier alpha value is -2.64. The molecule has 0 fully saturated rings. The molecule has 0 spiro atoms. The lowest BCUT2D eigenvalue weighted by Gasteiger charge is -2.19. The van der Waals surface area contributed by atoms with E-state index in [1.54, 1.807) is 23.6 Å². The number of carbonyl (C=O) groups excluding carboxylic acids is 1. The van der Waals surface area contributed by atoms with Crippen molar-refractivity contribution in [2.24, 2.45) is 7.05 Å². The Morgan fingerprint density at radius 3 is 2.66 bits per heavy atom. The number of anilines is 2. The molecule has 0 aliphatic heterocycles. The number of thiazole rings is 1. The summed E-state index contributed by atoms with van der Waals surface area (Å²) < 4.78 is 2.10. The number of aryl methyl sites for hydroxylation is 3. The van der Waals surface area contributed by atoms with Crippen LogP contribution in [0.25, 0.3) is 11.0 Å². The number of benzene rings is 2. The third-order valence-corrected chi connectivity index (χ3v) is 6.83. The molecule has 0 saturated heterocycles. The van der Waals surface area contributed by atoms with Crippen molar-refractivity contribution in [1.82, 2.24) is 14.5 Å². The van der Waals surface area contributed by atoms with Gasteiger partial charge in [0.2, 0.25) is 5.91 Å². The predicted molar refractivity (Wildman–Crippen MR) is 121 cm³/mol. The zero-order chi connectivity index (χ0) is 20.5. The zero-order valence-corrected chi connectivity index (χ0v) is 18.5. The second kappa shape index (κ2) is 8.00. The van der Waals surface area contributed by atoms with Crippen LogP contribution in [0.2, 0.25) is 0 Å². The number of carbonyl (C=O) groups is 1. The minimum absolute atomic E-state index is 0.0443. The fourth-order valence-electron chi connectivity index (χ4n) is 3.15. The highest BCUT2D eigenvalue weighted by molar-refractivity contribution is 7.98. The van der Waals surface area contributed by atoms with Gasteiger partial charge in [-0.25, -0.2) is 9.97 Å². The summed E-state index contributed by atoms with van der Waals surface area (Å²) in [6.45, 7) is 5.69. The molecule has 2 aromatic heterocycles. The highest BCUT2D eigenvalue weighted by Gasteiger charge is 2.19. The van der Waals surface area contributed by atoms with Crippen molar-refractivity contribution >= 4 is 50.9 Å². The molecule has 0 N–H and O–H groups in total. The Balaban J connectivity index is 1.55. The van der Waals surface area contributed by atoms with Crippen LogP contribution in [0.1, 0.15) is 23.7 Å². The number of rotatable bonds is 5. The number of hydrogen-bond donors (Lipinski definition) is 0. The summed E-state index contributed by atoms with van der Waals surface area (Å²) in [5.41, 5.74) is 6.26. The zero-order valence-electron chi connectivity index (χ0n) is 16.8. The van der Waals surface area contributed by atoms with Crippen molar-refractivity contribution in [2.45, 2.75) is 31.7 Å². The van der Waals surface area contributed by atoms with E-state index in [9.17, 15) is 4.79 Å². The lowest BCUT2D eigenvalue weighted by atomic mass is 10.1. The third-order valence-electron chi connectivity index (χ3n) is 4.89. The van der Waals surface area contributed by atoms with E-state index in [2.05, 4.69) is 24.5 Å². The van der Waals surface area contributed by atoms with Gasteiger partial charge in [-0.2, -0.15) is 0 Å². The third kappa shape index (κ3) is 3.93. The van der Waals surface area contributed by atoms with Gasteiger partial charge in [-0.15, -0.1) is 11.3 Å². The molecule has 0 radical (unpaired) electrons. The maximum absolute atomic E-state index is 12.3. The average Bonchev–Trinajstić information content (AvgIpc) is 3.28. The van der Waals surface area contributed by atoms with E-state index >= 15 is 0 Å². The molecule has 0 aliphatic carbocycles. The first kappa shape index (κ1) is 19.7. The normalized spacial score (nSPS) is 11.2. The summed E-state index contributed by atoms with van der Waals surface area (Å²) in [6, 6.07) is 14.2. The lowest BCUT2D eigenvalue weighted by molar-refractivity contribution is -0.115. The number of para-hydroxylation sites is 2. The van der Waals surface area contributed by atoms with Crippen LogP contribution in [-0.4, -0.2) is 20.4 Å². The van der Waals surface area contributed by atoms with E-state index in [0.29, 0.717) is 10.9 Å². The number of nitrogens with zero attached hydrogens (tertiary/aromatic N) is 4. The van der Waals surface area contributed by atoms with Crippen molar-refractivity contribution in [3.05, 3.63) is 64.7 Å². The Morgan fingerprint density at radius 2 is 1.93 bits per heavy atom. The topological polar surface area (TPSA) is 51.0 Å². The van der Waals surface area contributed by atoms with Crippen molar-refractivity contribution < 1.29 is 4.79 Å².